The summed E-state index contributed by atoms with van der Waals surface area (Å²) in [7, 11) is 0. The topological polar surface area (TPSA) is 78.9 Å². The normalized spacial score (nSPS) is 12.4. The standard InChI is InChI=1S/C54H96O6/c1-4-7-10-13-16-19-22-25-26-27-30-32-35-38-41-44-47-53(56)59-50-51(60-54(57)48-45-42-39-36-33-29-24-21-18-15-12-9-6-3)49-58-52(55)46-43-40-37-34-31-28-23-20-17-14-11-8-5-2/h11-12,14-15,20-21,23-24,51H,4-10,13,16-19,22,25-50H2,1-3H3/b14-11-,15-12-,23-20-,24-21-. The number of hydrogen-bond donors (Lipinski definition) is 0. The SMILES string of the molecule is CCC/C=C\C/C=C\CCCCCCCC(=O)OCC(COC(=O)CCCCCCCCCCCCCCCCCC)OC(=O)CCCCCCC/C=C\C/C=C\CCC. The van der Waals surface area contributed by atoms with Crippen LogP contribution < -0.4 is 0 Å². The van der Waals surface area contributed by atoms with Crippen LogP contribution in [0.25, 0.3) is 0 Å². The Bertz CT molecular complexity index is 1060. The van der Waals surface area contributed by atoms with E-state index in [9.17, 15) is 14.4 Å². The Hall–Kier alpha value is -2.63. The molecular weight excluding hydrogens is 745 g/mol. The summed E-state index contributed by atoms with van der Waals surface area (Å²) in [5, 5.41) is 0. The molecule has 1 atom stereocenters. The fourth-order valence-electron chi connectivity index (χ4n) is 7.17. The lowest BCUT2D eigenvalue weighted by Crippen LogP contribution is -2.30. The van der Waals surface area contributed by atoms with Crippen LogP contribution in [0.2, 0.25) is 0 Å². The summed E-state index contributed by atoms with van der Waals surface area (Å²) in [6, 6.07) is 0. The third-order valence-corrected chi connectivity index (χ3v) is 11.0. The van der Waals surface area contributed by atoms with E-state index in [-0.39, 0.29) is 31.1 Å². The third kappa shape index (κ3) is 46.4. The highest BCUT2D eigenvalue weighted by atomic mass is 16.6. The zero-order valence-corrected chi connectivity index (χ0v) is 39.7. The predicted octanol–water partition coefficient (Wildman–Crippen LogP) is 16.7. The van der Waals surface area contributed by atoms with Crippen molar-refractivity contribution in [3.63, 3.8) is 0 Å². The molecule has 1 unspecified atom stereocenters. The molecule has 60 heavy (non-hydrogen) atoms. The van der Waals surface area contributed by atoms with E-state index in [2.05, 4.69) is 69.4 Å². The van der Waals surface area contributed by atoms with E-state index in [1.165, 1.54) is 103 Å². The van der Waals surface area contributed by atoms with Gasteiger partial charge in [0.25, 0.3) is 0 Å². The second-order valence-corrected chi connectivity index (χ2v) is 17.1. The molecular formula is C54H96O6. The molecule has 0 spiro atoms. The van der Waals surface area contributed by atoms with E-state index >= 15 is 0 Å². The average molecular weight is 841 g/mol. The number of ether oxygens (including phenoxy) is 3. The maximum atomic E-state index is 12.8. The van der Waals surface area contributed by atoms with Crippen molar-refractivity contribution in [3.05, 3.63) is 48.6 Å². The molecule has 0 radical (unpaired) electrons. The number of rotatable bonds is 46. The monoisotopic (exact) mass is 841 g/mol. The van der Waals surface area contributed by atoms with Gasteiger partial charge in [-0.05, 0) is 70.6 Å². The first-order chi connectivity index (χ1) is 29.5. The van der Waals surface area contributed by atoms with Crippen molar-refractivity contribution in [2.45, 2.75) is 264 Å². The van der Waals surface area contributed by atoms with Gasteiger partial charge in [0.1, 0.15) is 13.2 Å². The van der Waals surface area contributed by atoms with Crippen LogP contribution in [-0.2, 0) is 28.6 Å². The molecule has 0 aliphatic carbocycles. The van der Waals surface area contributed by atoms with Crippen molar-refractivity contribution >= 4 is 17.9 Å². The average Bonchev–Trinajstić information content (AvgIpc) is 3.24. The quantitative estimate of drug-likeness (QED) is 0.0263. The van der Waals surface area contributed by atoms with E-state index in [0.29, 0.717) is 19.3 Å². The van der Waals surface area contributed by atoms with Crippen LogP contribution >= 0.6 is 0 Å². The molecule has 0 heterocycles. The van der Waals surface area contributed by atoms with Crippen molar-refractivity contribution in [1.29, 1.82) is 0 Å². The number of unbranched alkanes of at least 4 members (excludes halogenated alkanes) is 27. The molecule has 0 bridgehead atoms. The lowest BCUT2D eigenvalue weighted by atomic mass is 10.0. The van der Waals surface area contributed by atoms with Gasteiger partial charge in [0, 0.05) is 19.3 Å². The van der Waals surface area contributed by atoms with Gasteiger partial charge in [-0.3, -0.25) is 14.4 Å². The molecule has 0 aliphatic rings. The van der Waals surface area contributed by atoms with E-state index in [0.717, 1.165) is 116 Å². The minimum Gasteiger partial charge on any atom is -0.462 e. The van der Waals surface area contributed by atoms with Gasteiger partial charge < -0.3 is 14.2 Å². The molecule has 6 nitrogen and oxygen atoms in total. The van der Waals surface area contributed by atoms with Gasteiger partial charge in [-0.2, -0.15) is 0 Å². The highest BCUT2D eigenvalue weighted by molar-refractivity contribution is 5.71. The maximum absolute atomic E-state index is 12.8. The van der Waals surface area contributed by atoms with Crippen LogP contribution in [0.3, 0.4) is 0 Å². The number of allylic oxidation sites excluding steroid dienone is 8. The molecule has 0 aliphatic heterocycles. The smallest absolute Gasteiger partial charge is 0.306 e. The molecule has 6 heteroatoms. The molecule has 0 fully saturated rings. The Balaban J connectivity index is 4.37. The number of esters is 3. The van der Waals surface area contributed by atoms with Crippen molar-refractivity contribution in [2.24, 2.45) is 0 Å². The van der Waals surface area contributed by atoms with Gasteiger partial charge in [0.2, 0.25) is 0 Å². The summed E-state index contributed by atoms with van der Waals surface area (Å²) in [4.78, 5) is 37.9. The van der Waals surface area contributed by atoms with Gasteiger partial charge in [-0.25, -0.2) is 0 Å². The van der Waals surface area contributed by atoms with Crippen molar-refractivity contribution in [2.75, 3.05) is 13.2 Å². The Kier molecular flexibility index (Phi) is 46.9. The van der Waals surface area contributed by atoms with Gasteiger partial charge in [0.05, 0.1) is 0 Å². The number of carbonyl (C=O) groups excluding carboxylic acids is 3. The summed E-state index contributed by atoms with van der Waals surface area (Å²) in [5.74, 6) is -0.904. The molecule has 0 aromatic rings. The zero-order chi connectivity index (χ0) is 43.7. The first-order valence-corrected chi connectivity index (χ1v) is 25.6. The zero-order valence-electron chi connectivity index (χ0n) is 39.7. The lowest BCUT2D eigenvalue weighted by molar-refractivity contribution is -0.167. The van der Waals surface area contributed by atoms with Crippen LogP contribution in [0, 0.1) is 0 Å². The van der Waals surface area contributed by atoms with E-state index < -0.39 is 6.10 Å². The van der Waals surface area contributed by atoms with Crippen LogP contribution in [0.15, 0.2) is 48.6 Å². The van der Waals surface area contributed by atoms with Crippen molar-refractivity contribution < 1.29 is 28.6 Å². The molecule has 348 valence electrons. The van der Waals surface area contributed by atoms with Crippen LogP contribution in [0.5, 0.6) is 0 Å². The van der Waals surface area contributed by atoms with Gasteiger partial charge in [-0.15, -0.1) is 0 Å². The third-order valence-electron chi connectivity index (χ3n) is 11.0. The van der Waals surface area contributed by atoms with Crippen LogP contribution in [-0.4, -0.2) is 37.2 Å². The Morgan fingerprint density at radius 3 is 0.983 bits per heavy atom. The van der Waals surface area contributed by atoms with Crippen molar-refractivity contribution in [3.8, 4) is 0 Å². The lowest BCUT2D eigenvalue weighted by Gasteiger charge is -2.18. The summed E-state index contributed by atoms with van der Waals surface area (Å²) >= 11 is 0. The molecule has 0 aromatic heterocycles. The summed E-state index contributed by atoms with van der Waals surface area (Å²) < 4.78 is 16.8. The summed E-state index contributed by atoms with van der Waals surface area (Å²) in [5.41, 5.74) is 0. The minimum atomic E-state index is -0.782. The first-order valence-electron chi connectivity index (χ1n) is 25.6. The van der Waals surface area contributed by atoms with Gasteiger partial charge in [0.15, 0.2) is 6.10 Å². The minimum absolute atomic E-state index is 0.0813. The Labute approximate surface area is 371 Å². The summed E-state index contributed by atoms with van der Waals surface area (Å²) in [6.07, 6.45) is 58.0. The Morgan fingerprint density at radius 1 is 0.333 bits per heavy atom. The highest BCUT2D eigenvalue weighted by Gasteiger charge is 2.19. The fraction of sp³-hybridized carbons (Fsp3) is 0.796. The van der Waals surface area contributed by atoms with E-state index in [1.54, 1.807) is 0 Å². The molecule has 0 aromatic carbocycles. The van der Waals surface area contributed by atoms with E-state index in [1.807, 2.05) is 0 Å². The number of carbonyl (C=O) groups is 3. The fourth-order valence-corrected chi connectivity index (χ4v) is 7.17. The van der Waals surface area contributed by atoms with Crippen LogP contribution in [0.4, 0.5) is 0 Å². The largest absolute Gasteiger partial charge is 0.462 e. The molecule has 0 saturated carbocycles. The predicted molar refractivity (Wildman–Crippen MR) is 256 cm³/mol. The number of hydrogen-bond acceptors (Lipinski definition) is 6. The molecule has 0 amide bonds. The van der Waals surface area contributed by atoms with Crippen molar-refractivity contribution in [1.82, 2.24) is 0 Å². The molecule has 0 rings (SSSR count). The molecule has 0 saturated heterocycles. The molecule has 0 N–H and O–H groups in total. The Morgan fingerprint density at radius 2 is 0.633 bits per heavy atom. The first kappa shape index (κ1) is 57.4. The van der Waals surface area contributed by atoms with Crippen LogP contribution in [0.1, 0.15) is 258 Å². The van der Waals surface area contributed by atoms with E-state index in [4.69, 9.17) is 14.2 Å². The van der Waals surface area contributed by atoms with Gasteiger partial charge >= 0.3 is 17.9 Å². The maximum Gasteiger partial charge on any atom is 0.306 e. The summed E-state index contributed by atoms with van der Waals surface area (Å²) in [6.45, 7) is 6.50. The highest BCUT2D eigenvalue weighted by Crippen LogP contribution is 2.15. The second-order valence-electron chi connectivity index (χ2n) is 17.1. The van der Waals surface area contributed by atoms with Gasteiger partial charge in [-0.1, -0.05) is 217 Å². The second kappa shape index (κ2) is 49.0.